The van der Waals surface area contributed by atoms with Crippen LogP contribution in [0.25, 0.3) is 0 Å². The summed E-state index contributed by atoms with van der Waals surface area (Å²) < 4.78 is 5.44. The van der Waals surface area contributed by atoms with Crippen LogP contribution in [0, 0.1) is 17.3 Å². The van der Waals surface area contributed by atoms with Crippen LogP contribution in [0.2, 0.25) is 0 Å². The van der Waals surface area contributed by atoms with Gasteiger partial charge in [0.1, 0.15) is 0 Å². The van der Waals surface area contributed by atoms with Gasteiger partial charge in [-0.2, -0.15) is 0 Å². The third kappa shape index (κ3) is 3.71. The van der Waals surface area contributed by atoms with Crippen molar-refractivity contribution in [2.45, 2.75) is 64.7 Å². The van der Waals surface area contributed by atoms with Crippen LogP contribution in [-0.4, -0.2) is 19.1 Å². The van der Waals surface area contributed by atoms with Crippen LogP contribution >= 0.6 is 0 Å². The standard InChI is InChI=1S/C16H29NO2/c1-2-3-4-5-6-7-13(15(17)18)14-12-16(14)8-10-19-11-9-16/h13-14H,2-12H2,1H3,(H2,17,18)/t13-,14?/m1/s1. The average Bonchev–Trinajstić information content (AvgIpc) is 3.07. The van der Waals surface area contributed by atoms with Gasteiger partial charge in [-0.3, -0.25) is 4.79 Å². The van der Waals surface area contributed by atoms with E-state index in [1.165, 1.54) is 32.1 Å². The second-order valence-electron chi connectivity index (χ2n) is 6.50. The minimum Gasteiger partial charge on any atom is -0.381 e. The van der Waals surface area contributed by atoms with Crippen LogP contribution < -0.4 is 5.73 Å². The SMILES string of the molecule is CCCCCCC[C@@H](C(N)=O)C1CC12CCOCC2. The first-order chi connectivity index (χ1) is 9.19. The van der Waals surface area contributed by atoms with E-state index in [9.17, 15) is 4.79 Å². The molecule has 2 N–H and O–H groups in total. The Kier molecular flexibility index (Phi) is 5.26. The summed E-state index contributed by atoms with van der Waals surface area (Å²) >= 11 is 0. The Labute approximate surface area is 117 Å². The normalized spacial score (nSPS) is 26.3. The van der Waals surface area contributed by atoms with Gasteiger partial charge in [0.2, 0.25) is 5.91 Å². The zero-order valence-corrected chi connectivity index (χ0v) is 12.3. The van der Waals surface area contributed by atoms with Crippen LogP contribution in [-0.2, 0) is 9.53 Å². The third-order valence-electron chi connectivity index (χ3n) is 5.21. The van der Waals surface area contributed by atoms with Crippen LogP contribution in [0.3, 0.4) is 0 Å². The Balaban J connectivity index is 1.76. The van der Waals surface area contributed by atoms with Crippen molar-refractivity contribution in [3.63, 3.8) is 0 Å². The molecule has 0 bridgehead atoms. The maximum Gasteiger partial charge on any atom is 0.220 e. The van der Waals surface area contributed by atoms with Gasteiger partial charge in [0.25, 0.3) is 0 Å². The minimum absolute atomic E-state index is 0.0659. The van der Waals surface area contributed by atoms with E-state index in [1.807, 2.05) is 0 Å². The number of unbranched alkanes of at least 4 members (excludes halogenated alkanes) is 4. The van der Waals surface area contributed by atoms with Gasteiger partial charge in [-0.1, -0.05) is 39.0 Å². The minimum atomic E-state index is -0.0659. The molecule has 1 spiro atoms. The summed E-state index contributed by atoms with van der Waals surface area (Å²) in [6.07, 6.45) is 10.8. The van der Waals surface area contributed by atoms with Crippen LogP contribution in [0.4, 0.5) is 0 Å². The number of hydrogen-bond donors (Lipinski definition) is 1. The fraction of sp³-hybridized carbons (Fsp3) is 0.938. The summed E-state index contributed by atoms with van der Waals surface area (Å²) in [5, 5.41) is 0. The Morgan fingerprint density at radius 2 is 1.95 bits per heavy atom. The highest BCUT2D eigenvalue weighted by atomic mass is 16.5. The Hall–Kier alpha value is -0.570. The fourth-order valence-electron chi connectivity index (χ4n) is 3.81. The number of ether oxygens (including phenoxy) is 1. The lowest BCUT2D eigenvalue weighted by atomic mass is 9.85. The van der Waals surface area contributed by atoms with Crippen molar-refractivity contribution in [1.82, 2.24) is 0 Å². The van der Waals surface area contributed by atoms with Gasteiger partial charge >= 0.3 is 0 Å². The summed E-state index contributed by atoms with van der Waals surface area (Å²) in [6.45, 7) is 3.97. The quantitative estimate of drug-likeness (QED) is 0.686. The first-order valence-corrected chi connectivity index (χ1v) is 8.07. The Morgan fingerprint density at radius 1 is 1.26 bits per heavy atom. The monoisotopic (exact) mass is 267 g/mol. The topological polar surface area (TPSA) is 52.3 Å². The van der Waals surface area contributed by atoms with Crippen molar-refractivity contribution in [3.8, 4) is 0 Å². The lowest BCUT2D eigenvalue weighted by Gasteiger charge is -2.25. The molecule has 1 saturated carbocycles. The van der Waals surface area contributed by atoms with Gasteiger partial charge in [0, 0.05) is 19.1 Å². The second-order valence-corrected chi connectivity index (χ2v) is 6.50. The molecule has 2 aliphatic rings. The molecule has 1 aliphatic heterocycles. The van der Waals surface area contributed by atoms with Crippen molar-refractivity contribution in [1.29, 1.82) is 0 Å². The highest BCUT2D eigenvalue weighted by Crippen LogP contribution is 2.62. The van der Waals surface area contributed by atoms with E-state index in [0.29, 0.717) is 11.3 Å². The zero-order chi connectivity index (χ0) is 13.7. The van der Waals surface area contributed by atoms with E-state index < -0.39 is 0 Å². The first-order valence-electron chi connectivity index (χ1n) is 8.07. The highest BCUT2D eigenvalue weighted by molar-refractivity contribution is 5.77. The predicted molar refractivity (Wildman–Crippen MR) is 76.7 cm³/mol. The number of rotatable bonds is 8. The molecule has 1 amide bonds. The summed E-state index contributed by atoms with van der Waals surface area (Å²) in [5.74, 6) is 0.615. The third-order valence-corrected chi connectivity index (χ3v) is 5.21. The maximum atomic E-state index is 11.7. The van der Waals surface area contributed by atoms with Crippen LogP contribution in [0.1, 0.15) is 64.7 Å². The lowest BCUT2D eigenvalue weighted by molar-refractivity contribution is -0.123. The highest BCUT2D eigenvalue weighted by Gasteiger charge is 2.58. The number of amides is 1. The summed E-state index contributed by atoms with van der Waals surface area (Å²) in [4.78, 5) is 11.7. The molecule has 110 valence electrons. The molecule has 2 atom stereocenters. The van der Waals surface area contributed by atoms with E-state index >= 15 is 0 Å². The largest absolute Gasteiger partial charge is 0.381 e. The molecule has 0 radical (unpaired) electrons. The van der Waals surface area contributed by atoms with Gasteiger partial charge in [-0.15, -0.1) is 0 Å². The predicted octanol–water partition coefficient (Wildman–Crippen LogP) is 3.27. The smallest absolute Gasteiger partial charge is 0.220 e. The van der Waals surface area contributed by atoms with E-state index in [4.69, 9.17) is 10.5 Å². The molecule has 1 heterocycles. The Bertz CT molecular complexity index is 297. The molecule has 2 rings (SSSR count). The number of primary amides is 1. The summed E-state index contributed by atoms with van der Waals surface area (Å²) in [7, 11) is 0. The molecule has 3 nitrogen and oxygen atoms in total. The van der Waals surface area contributed by atoms with E-state index in [1.54, 1.807) is 0 Å². The number of nitrogens with two attached hydrogens (primary N) is 1. The Morgan fingerprint density at radius 3 is 2.58 bits per heavy atom. The van der Waals surface area contributed by atoms with E-state index in [0.717, 1.165) is 38.9 Å². The first kappa shape index (κ1) is 14.8. The number of carbonyl (C=O) groups excluding carboxylic acids is 1. The molecular weight excluding hydrogens is 238 g/mol. The molecule has 2 fully saturated rings. The molecule has 19 heavy (non-hydrogen) atoms. The van der Waals surface area contributed by atoms with Crippen molar-refractivity contribution in [2.75, 3.05) is 13.2 Å². The van der Waals surface area contributed by atoms with Crippen molar-refractivity contribution < 1.29 is 9.53 Å². The van der Waals surface area contributed by atoms with Gasteiger partial charge < -0.3 is 10.5 Å². The molecule has 0 aromatic heterocycles. The van der Waals surface area contributed by atoms with Crippen LogP contribution in [0.5, 0.6) is 0 Å². The molecule has 1 unspecified atom stereocenters. The molecule has 1 aliphatic carbocycles. The number of carbonyl (C=O) groups is 1. The van der Waals surface area contributed by atoms with Gasteiger partial charge in [0.15, 0.2) is 0 Å². The fourth-order valence-corrected chi connectivity index (χ4v) is 3.81. The summed E-state index contributed by atoms with van der Waals surface area (Å²) in [6, 6.07) is 0. The zero-order valence-electron chi connectivity index (χ0n) is 12.3. The van der Waals surface area contributed by atoms with Crippen molar-refractivity contribution in [3.05, 3.63) is 0 Å². The van der Waals surface area contributed by atoms with Gasteiger partial charge in [0.05, 0.1) is 0 Å². The molecule has 0 aromatic rings. The van der Waals surface area contributed by atoms with Crippen molar-refractivity contribution >= 4 is 5.91 Å². The van der Waals surface area contributed by atoms with E-state index in [2.05, 4.69) is 6.92 Å². The molecular formula is C16H29NO2. The number of hydrogen-bond acceptors (Lipinski definition) is 2. The second kappa shape index (κ2) is 6.74. The van der Waals surface area contributed by atoms with Crippen LogP contribution in [0.15, 0.2) is 0 Å². The molecule has 0 aromatic carbocycles. The van der Waals surface area contributed by atoms with Gasteiger partial charge in [-0.05, 0) is 37.0 Å². The molecule has 3 heteroatoms. The summed E-state index contributed by atoms with van der Waals surface area (Å²) in [5.41, 5.74) is 6.06. The molecule has 1 saturated heterocycles. The average molecular weight is 267 g/mol. The van der Waals surface area contributed by atoms with Gasteiger partial charge in [-0.25, -0.2) is 0 Å². The maximum absolute atomic E-state index is 11.7. The van der Waals surface area contributed by atoms with E-state index in [-0.39, 0.29) is 11.8 Å². The van der Waals surface area contributed by atoms with Crippen molar-refractivity contribution in [2.24, 2.45) is 23.0 Å². The lowest BCUT2D eigenvalue weighted by Crippen LogP contribution is -2.29.